The molecule has 0 unspecified atom stereocenters. The Morgan fingerprint density at radius 1 is 1.26 bits per heavy atom. The second kappa shape index (κ2) is 7.33. The van der Waals surface area contributed by atoms with Gasteiger partial charge in [0.05, 0.1) is 16.6 Å². The normalized spacial score (nSPS) is 10.4. The van der Waals surface area contributed by atoms with Gasteiger partial charge in [-0.05, 0) is 18.7 Å². The van der Waals surface area contributed by atoms with Gasteiger partial charge in [-0.1, -0.05) is 35.3 Å². The van der Waals surface area contributed by atoms with E-state index in [9.17, 15) is 9.59 Å². The van der Waals surface area contributed by atoms with Crippen LogP contribution in [-0.4, -0.2) is 30.3 Å². The molecule has 0 bridgehead atoms. The molecule has 0 aliphatic carbocycles. The number of hydrogen-bond acceptors (Lipinski definition) is 3. The molecule has 0 spiro atoms. The fourth-order valence-electron chi connectivity index (χ4n) is 1.46. The zero-order valence-electron chi connectivity index (χ0n) is 10.7. The Morgan fingerprint density at radius 2 is 1.95 bits per heavy atom. The number of carbonyl (C=O) groups excluding carboxylic acids is 2. The smallest absolute Gasteiger partial charge is 0.252 e. The third kappa shape index (κ3) is 5.46. The molecule has 1 aromatic rings. The van der Waals surface area contributed by atoms with Gasteiger partial charge >= 0.3 is 0 Å². The minimum atomic E-state index is -0.325. The molecule has 0 aliphatic heterocycles. The van der Waals surface area contributed by atoms with Crippen LogP contribution >= 0.6 is 23.2 Å². The fraction of sp³-hybridized carbons (Fsp3) is 0.333. The van der Waals surface area contributed by atoms with Crippen LogP contribution in [0.1, 0.15) is 12.5 Å². The van der Waals surface area contributed by atoms with Crippen LogP contribution in [0.15, 0.2) is 18.2 Å². The maximum Gasteiger partial charge on any atom is 0.252 e. The number of hydrazine groups is 1. The van der Waals surface area contributed by atoms with Crippen molar-refractivity contribution < 1.29 is 9.59 Å². The van der Waals surface area contributed by atoms with Gasteiger partial charge in [-0.3, -0.25) is 25.3 Å². The highest BCUT2D eigenvalue weighted by atomic mass is 35.5. The fourth-order valence-corrected chi connectivity index (χ4v) is 1.84. The van der Waals surface area contributed by atoms with E-state index < -0.39 is 0 Å². The Labute approximate surface area is 121 Å². The summed E-state index contributed by atoms with van der Waals surface area (Å²) in [5.74, 6) is -0.635. The number of likely N-dealkylation sites (N-methyl/N-ethyl adjacent to an activating group) is 1. The lowest BCUT2D eigenvalue weighted by Gasteiger charge is -2.17. The van der Waals surface area contributed by atoms with Gasteiger partial charge in [0.2, 0.25) is 5.91 Å². The van der Waals surface area contributed by atoms with Crippen LogP contribution in [0.25, 0.3) is 0 Å². The Bertz CT molecular complexity index is 480. The molecule has 1 aromatic carbocycles. The van der Waals surface area contributed by atoms with Crippen LogP contribution in [0.4, 0.5) is 0 Å². The molecule has 0 heterocycles. The molecular formula is C12H15Cl2N3O2. The third-order valence-corrected chi connectivity index (χ3v) is 3.12. The SMILES string of the molecule is CC(=O)NNC(=O)CN(C)Cc1cccc(Cl)c1Cl. The lowest BCUT2D eigenvalue weighted by Crippen LogP contribution is -2.44. The minimum Gasteiger partial charge on any atom is -0.293 e. The van der Waals surface area contributed by atoms with Gasteiger partial charge in [-0.15, -0.1) is 0 Å². The van der Waals surface area contributed by atoms with E-state index >= 15 is 0 Å². The number of carbonyl (C=O) groups is 2. The maximum absolute atomic E-state index is 11.5. The quantitative estimate of drug-likeness (QED) is 0.831. The largest absolute Gasteiger partial charge is 0.293 e. The van der Waals surface area contributed by atoms with Crippen LogP contribution in [0.2, 0.25) is 10.0 Å². The van der Waals surface area contributed by atoms with Crippen LogP contribution in [0, 0.1) is 0 Å². The maximum atomic E-state index is 11.5. The van der Waals surface area contributed by atoms with E-state index in [4.69, 9.17) is 23.2 Å². The summed E-state index contributed by atoms with van der Waals surface area (Å²) in [6.07, 6.45) is 0. The van der Waals surface area contributed by atoms with Crippen molar-refractivity contribution in [2.45, 2.75) is 13.5 Å². The van der Waals surface area contributed by atoms with E-state index in [0.717, 1.165) is 5.56 Å². The van der Waals surface area contributed by atoms with Crippen LogP contribution in [0.5, 0.6) is 0 Å². The van der Waals surface area contributed by atoms with Gasteiger partial charge in [0, 0.05) is 13.5 Å². The van der Waals surface area contributed by atoms with E-state index in [1.807, 2.05) is 6.07 Å². The molecule has 0 radical (unpaired) electrons. The summed E-state index contributed by atoms with van der Waals surface area (Å²) in [5.41, 5.74) is 5.35. The lowest BCUT2D eigenvalue weighted by atomic mass is 10.2. The van der Waals surface area contributed by atoms with Crippen molar-refractivity contribution in [3.8, 4) is 0 Å². The van der Waals surface area contributed by atoms with Gasteiger partial charge in [-0.25, -0.2) is 0 Å². The van der Waals surface area contributed by atoms with Crippen molar-refractivity contribution >= 4 is 35.0 Å². The number of rotatable bonds is 4. The van der Waals surface area contributed by atoms with E-state index in [0.29, 0.717) is 16.6 Å². The van der Waals surface area contributed by atoms with Crippen LogP contribution < -0.4 is 10.9 Å². The van der Waals surface area contributed by atoms with Crippen molar-refractivity contribution in [3.05, 3.63) is 33.8 Å². The number of amides is 2. The molecule has 19 heavy (non-hydrogen) atoms. The van der Waals surface area contributed by atoms with Crippen molar-refractivity contribution in [1.29, 1.82) is 0 Å². The first-order chi connectivity index (χ1) is 8.90. The highest BCUT2D eigenvalue weighted by molar-refractivity contribution is 6.42. The summed E-state index contributed by atoms with van der Waals surface area (Å²) in [7, 11) is 1.77. The standard InChI is InChI=1S/C12H15Cl2N3O2/c1-8(18)15-16-11(19)7-17(2)6-9-4-3-5-10(13)12(9)14/h3-5H,6-7H2,1-2H3,(H,15,18)(H,16,19). The minimum absolute atomic E-state index is 0.128. The van der Waals surface area contributed by atoms with E-state index in [2.05, 4.69) is 10.9 Å². The molecule has 7 heteroatoms. The molecule has 0 atom stereocenters. The first-order valence-electron chi connectivity index (χ1n) is 5.57. The molecule has 0 aromatic heterocycles. The molecule has 0 aliphatic rings. The van der Waals surface area contributed by atoms with Crippen molar-refractivity contribution in [3.63, 3.8) is 0 Å². The summed E-state index contributed by atoms with van der Waals surface area (Å²) < 4.78 is 0. The van der Waals surface area contributed by atoms with E-state index in [1.54, 1.807) is 24.1 Å². The second-order valence-corrected chi connectivity index (χ2v) is 4.90. The highest BCUT2D eigenvalue weighted by Crippen LogP contribution is 2.26. The van der Waals surface area contributed by atoms with Gasteiger partial charge in [-0.2, -0.15) is 0 Å². The molecule has 2 amide bonds. The number of benzene rings is 1. The van der Waals surface area contributed by atoms with Gasteiger partial charge in [0.1, 0.15) is 0 Å². The predicted octanol–water partition coefficient (Wildman–Crippen LogP) is 1.59. The Hall–Kier alpha value is -1.30. The van der Waals surface area contributed by atoms with Gasteiger partial charge in [0.25, 0.3) is 5.91 Å². The summed E-state index contributed by atoms with van der Waals surface area (Å²) in [5, 5.41) is 0.966. The molecule has 5 nitrogen and oxygen atoms in total. The summed E-state index contributed by atoms with van der Waals surface area (Å²) >= 11 is 12.0. The average Bonchev–Trinajstić information content (AvgIpc) is 2.32. The summed E-state index contributed by atoms with van der Waals surface area (Å²) in [6.45, 7) is 1.92. The topological polar surface area (TPSA) is 61.4 Å². The third-order valence-electron chi connectivity index (χ3n) is 2.26. The van der Waals surface area contributed by atoms with E-state index in [-0.39, 0.29) is 18.4 Å². The summed E-state index contributed by atoms with van der Waals surface area (Å²) in [6, 6.07) is 5.35. The first kappa shape index (κ1) is 15.8. The Morgan fingerprint density at radius 3 is 2.58 bits per heavy atom. The molecule has 0 fully saturated rings. The van der Waals surface area contributed by atoms with Crippen molar-refractivity contribution in [2.24, 2.45) is 0 Å². The lowest BCUT2D eigenvalue weighted by molar-refractivity contribution is -0.128. The zero-order chi connectivity index (χ0) is 14.4. The molecular weight excluding hydrogens is 289 g/mol. The second-order valence-electron chi connectivity index (χ2n) is 4.11. The molecule has 0 saturated heterocycles. The number of hydrogen-bond donors (Lipinski definition) is 2. The number of nitrogens with zero attached hydrogens (tertiary/aromatic N) is 1. The number of halogens is 2. The average molecular weight is 304 g/mol. The van der Waals surface area contributed by atoms with Gasteiger partial charge < -0.3 is 0 Å². The Balaban J connectivity index is 2.51. The Kier molecular flexibility index (Phi) is 6.08. The highest BCUT2D eigenvalue weighted by Gasteiger charge is 2.10. The van der Waals surface area contributed by atoms with Crippen molar-refractivity contribution in [1.82, 2.24) is 15.8 Å². The monoisotopic (exact) mass is 303 g/mol. The van der Waals surface area contributed by atoms with Crippen molar-refractivity contribution in [2.75, 3.05) is 13.6 Å². The first-order valence-corrected chi connectivity index (χ1v) is 6.32. The molecule has 1 rings (SSSR count). The van der Waals surface area contributed by atoms with Crippen LogP contribution in [-0.2, 0) is 16.1 Å². The molecule has 2 N–H and O–H groups in total. The van der Waals surface area contributed by atoms with E-state index in [1.165, 1.54) is 6.92 Å². The molecule has 104 valence electrons. The summed E-state index contributed by atoms with van der Waals surface area (Å²) in [4.78, 5) is 23.9. The molecule has 0 saturated carbocycles. The van der Waals surface area contributed by atoms with Gasteiger partial charge in [0.15, 0.2) is 0 Å². The number of nitrogens with one attached hydrogen (secondary N) is 2. The van der Waals surface area contributed by atoms with Crippen LogP contribution in [0.3, 0.4) is 0 Å². The zero-order valence-corrected chi connectivity index (χ0v) is 12.2. The predicted molar refractivity (Wildman–Crippen MR) is 74.8 cm³/mol.